The van der Waals surface area contributed by atoms with E-state index in [0.29, 0.717) is 45.1 Å². The maximum Gasteiger partial charge on any atom is 0.328 e. The normalized spacial score (nSPS) is 11.3. The van der Waals surface area contributed by atoms with E-state index in [-0.39, 0.29) is 12.3 Å². The summed E-state index contributed by atoms with van der Waals surface area (Å²) in [4.78, 5) is 31.6. The molecule has 0 aliphatic carbocycles. The summed E-state index contributed by atoms with van der Waals surface area (Å²) in [5.41, 5.74) is 10.6. The van der Waals surface area contributed by atoms with Crippen molar-refractivity contribution in [2.24, 2.45) is 5.73 Å². The van der Waals surface area contributed by atoms with Gasteiger partial charge in [-0.1, -0.05) is 108 Å². The first-order valence-electron chi connectivity index (χ1n) is 14.4. The number of nitrogens with one attached hydrogen (secondary N) is 2. The number of sulfonamides is 1. The molecule has 12 heteroatoms. The van der Waals surface area contributed by atoms with Crippen LogP contribution in [-0.2, 0) is 21.2 Å². The number of carbonyl (C=O) groups is 2. The smallest absolute Gasteiger partial charge is 0.328 e. The Morgan fingerprint density at radius 2 is 1.48 bits per heavy atom. The Morgan fingerprint density at radius 3 is 2.02 bits per heavy atom. The molecule has 0 radical (unpaired) electrons. The number of thiazole rings is 1. The third-order valence-corrected chi connectivity index (χ3v) is 8.95. The van der Waals surface area contributed by atoms with Crippen LogP contribution in [0.5, 0.6) is 0 Å². The van der Waals surface area contributed by atoms with E-state index in [1.54, 1.807) is 53.4 Å². The fourth-order valence-electron chi connectivity index (χ4n) is 5.10. The van der Waals surface area contributed by atoms with E-state index in [0.717, 1.165) is 34.3 Å². The zero-order chi connectivity index (χ0) is 32.7. The molecule has 0 atom stereocenters. The van der Waals surface area contributed by atoms with Crippen LogP contribution in [0.25, 0.3) is 11.3 Å². The van der Waals surface area contributed by atoms with Gasteiger partial charge in [0.05, 0.1) is 12.7 Å². The highest BCUT2D eigenvalue weighted by Crippen LogP contribution is 2.36. The molecule has 0 aliphatic heterocycles. The molecule has 0 bridgehead atoms. The average Bonchev–Trinajstić information content (AvgIpc) is 3.39. The van der Waals surface area contributed by atoms with Crippen LogP contribution < -0.4 is 20.7 Å². The number of amides is 3. The van der Waals surface area contributed by atoms with Crippen LogP contribution in [0.2, 0.25) is 4.34 Å². The molecular formula is C34H32ClN5O4S2. The first-order valence-corrected chi connectivity index (χ1v) is 17.4. The Kier molecular flexibility index (Phi) is 10.4. The Hall–Kier alpha value is -4.71. The summed E-state index contributed by atoms with van der Waals surface area (Å²) in [7, 11) is -3.42. The Bertz CT molecular complexity index is 1860. The molecule has 0 saturated carbocycles. The quantitative estimate of drug-likeness (QED) is 0.130. The lowest BCUT2D eigenvalue weighted by atomic mass is 9.88. The minimum Gasteiger partial charge on any atom is -0.369 e. The number of rotatable bonds is 12. The fraction of sp³-hybridized carbons (Fsp3) is 0.147. The fourth-order valence-corrected chi connectivity index (χ4v) is 6.74. The SMILES string of the molecule is CS(=O)(=O)Nc1ccc(-c2nc(NC(=O)N(CCC(c3ccccc3)c3ccccc3)c3ccc(CC(N)=O)cc3)sc2Cl)cc1. The molecule has 5 aromatic rings. The third kappa shape index (κ3) is 8.72. The molecule has 0 unspecified atom stereocenters. The number of hydrogen-bond donors (Lipinski definition) is 3. The third-order valence-electron chi connectivity index (χ3n) is 7.18. The van der Waals surface area contributed by atoms with Crippen molar-refractivity contribution < 1.29 is 18.0 Å². The maximum absolute atomic E-state index is 13.9. The lowest BCUT2D eigenvalue weighted by molar-refractivity contribution is -0.117. The van der Waals surface area contributed by atoms with Crippen molar-refractivity contribution in [3.05, 3.63) is 130 Å². The lowest BCUT2D eigenvalue weighted by Gasteiger charge is -2.26. The van der Waals surface area contributed by atoms with E-state index in [1.807, 2.05) is 36.4 Å². The van der Waals surface area contributed by atoms with Crippen molar-refractivity contribution in [2.45, 2.75) is 18.8 Å². The van der Waals surface area contributed by atoms with Crippen molar-refractivity contribution in [3.8, 4) is 11.3 Å². The van der Waals surface area contributed by atoms with Gasteiger partial charge in [-0.2, -0.15) is 0 Å². The van der Waals surface area contributed by atoms with Gasteiger partial charge in [-0.05, 0) is 47.4 Å². The van der Waals surface area contributed by atoms with Crippen molar-refractivity contribution in [3.63, 3.8) is 0 Å². The van der Waals surface area contributed by atoms with Crippen LogP contribution in [0.15, 0.2) is 109 Å². The number of halogens is 1. The van der Waals surface area contributed by atoms with Gasteiger partial charge in [0.1, 0.15) is 10.0 Å². The van der Waals surface area contributed by atoms with E-state index in [1.165, 1.54) is 0 Å². The first-order chi connectivity index (χ1) is 22.1. The second kappa shape index (κ2) is 14.6. The van der Waals surface area contributed by atoms with Gasteiger partial charge in [-0.25, -0.2) is 18.2 Å². The molecule has 1 aromatic heterocycles. The number of nitrogens with two attached hydrogens (primary N) is 1. The van der Waals surface area contributed by atoms with Gasteiger partial charge in [-0.15, -0.1) is 0 Å². The molecule has 1 heterocycles. The molecule has 4 N–H and O–H groups in total. The maximum atomic E-state index is 13.9. The van der Waals surface area contributed by atoms with Gasteiger partial charge < -0.3 is 5.73 Å². The lowest BCUT2D eigenvalue weighted by Crippen LogP contribution is -2.36. The van der Waals surface area contributed by atoms with Gasteiger partial charge in [0.2, 0.25) is 15.9 Å². The van der Waals surface area contributed by atoms with Crippen LogP contribution in [0.4, 0.5) is 21.3 Å². The van der Waals surface area contributed by atoms with Gasteiger partial charge in [0.15, 0.2) is 5.13 Å². The Labute approximate surface area is 277 Å². The number of hydrogen-bond acceptors (Lipinski definition) is 6. The van der Waals surface area contributed by atoms with Crippen molar-refractivity contribution in [1.29, 1.82) is 0 Å². The van der Waals surface area contributed by atoms with Crippen LogP contribution in [-0.4, -0.2) is 38.1 Å². The molecule has 9 nitrogen and oxygen atoms in total. The number of urea groups is 1. The number of nitrogens with zero attached hydrogens (tertiary/aromatic N) is 2. The van der Waals surface area contributed by atoms with Crippen LogP contribution in [0.3, 0.4) is 0 Å². The first kappa shape index (κ1) is 32.7. The highest BCUT2D eigenvalue weighted by atomic mass is 35.5. The summed E-state index contributed by atoms with van der Waals surface area (Å²) in [6.07, 6.45) is 1.81. The summed E-state index contributed by atoms with van der Waals surface area (Å²) >= 11 is 7.67. The molecule has 0 fully saturated rings. The predicted octanol–water partition coefficient (Wildman–Crippen LogP) is 7.12. The van der Waals surface area contributed by atoms with Gasteiger partial charge in [0, 0.05) is 29.4 Å². The molecule has 0 saturated heterocycles. The van der Waals surface area contributed by atoms with Crippen molar-refractivity contribution in [2.75, 3.05) is 27.7 Å². The number of benzene rings is 4. The zero-order valence-electron chi connectivity index (χ0n) is 24.9. The minimum atomic E-state index is -3.42. The van der Waals surface area contributed by atoms with E-state index in [4.69, 9.17) is 17.3 Å². The number of anilines is 3. The summed E-state index contributed by atoms with van der Waals surface area (Å²) in [6, 6.07) is 33.7. The summed E-state index contributed by atoms with van der Waals surface area (Å²) in [5.74, 6) is -0.401. The van der Waals surface area contributed by atoms with Crippen LogP contribution >= 0.6 is 22.9 Å². The van der Waals surface area contributed by atoms with E-state index in [2.05, 4.69) is 39.3 Å². The topological polar surface area (TPSA) is 134 Å². The number of carbonyl (C=O) groups excluding carboxylic acids is 2. The highest BCUT2D eigenvalue weighted by Gasteiger charge is 2.22. The van der Waals surface area contributed by atoms with Gasteiger partial charge in [0.25, 0.3) is 0 Å². The largest absolute Gasteiger partial charge is 0.369 e. The summed E-state index contributed by atoms with van der Waals surface area (Å²) in [6.45, 7) is 0.371. The molecule has 3 amide bonds. The molecular weight excluding hydrogens is 642 g/mol. The van der Waals surface area contributed by atoms with Gasteiger partial charge in [-0.3, -0.25) is 19.7 Å². The van der Waals surface area contributed by atoms with E-state index in [9.17, 15) is 18.0 Å². The predicted molar refractivity (Wildman–Crippen MR) is 186 cm³/mol. The van der Waals surface area contributed by atoms with E-state index < -0.39 is 22.0 Å². The second-order valence-electron chi connectivity index (χ2n) is 10.6. The summed E-state index contributed by atoms with van der Waals surface area (Å²) < 4.78 is 25.9. The van der Waals surface area contributed by atoms with Gasteiger partial charge >= 0.3 is 6.03 Å². The van der Waals surface area contributed by atoms with E-state index >= 15 is 0 Å². The summed E-state index contributed by atoms with van der Waals surface area (Å²) in [5, 5.41) is 3.22. The van der Waals surface area contributed by atoms with Crippen LogP contribution in [0.1, 0.15) is 29.0 Å². The van der Waals surface area contributed by atoms with Crippen molar-refractivity contribution >= 4 is 61.4 Å². The number of primary amides is 1. The molecule has 4 aromatic carbocycles. The molecule has 5 rings (SSSR count). The Balaban J connectivity index is 1.40. The molecule has 0 aliphatic rings. The van der Waals surface area contributed by atoms with Crippen LogP contribution in [0, 0.1) is 0 Å². The van der Waals surface area contributed by atoms with Crippen molar-refractivity contribution in [1.82, 2.24) is 4.98 Å². The Morgan fingerprint density at radius 1 is 0.891 bits per heavy atom. The standard InChI is InChI=1S/C34H32ClN5O4S2/c1-46(43,44)39-27-16-14-26(15-17-27)31-32(35)45-33(37-31)38-34(42)40(28-18-12-23(13-19-28)22-30(36)41)21-20-29(24-8-4-2-5-9-24)25-10-6-3-7-11-25/h2-19,29,39H,20-22H2,1H3,(H2,36,41)(H,37,38,42). The number of aromatic nitrogens is 1. The molecule has 236 valence electrons. The average molecular weight is 674 g/mol. The highest BCUT2D eigenvalue weighted by molar-refractivity contribution is 7.92. The minimum absolute atomic E-state index is 0.0351. The second-order valence-corrected chi connectivity index (χ2v) is 14.0. The molecule has 46 heavy (non-hydrogen) atoms. The zero-order valence-corrected chi connectivity index (χ0v) is 27.3. The monoisotopic (exact) mass is 673 g/mol. The molecule has 0 spiro atoms.